The van der Waals surface area contributed by atoms with E-state index in [2.05, 4.69) is 25.6 Å². The van der Waals surface area contributed by atoms with E-state index in [1.807, 2.05) is 55.5 Å². The molecule has 35 heavy (non-hydrogen) atoms. The van der Waals surface area contributed by atoms with Crippen molar-refractivity contribution in [2.24, 2.45) is 5.14 Å². The predicted octanol–water partition coefficient (Wildman–Crippen LogP) is 2.99. The van der Waals surface area contributed by atoms with Crippen LogP contribution in [-0.2, 0) is 27.6 Å². The maximum absolute atomic E-state index is 11.6. The Balaban J connectivity index is 1.67. The standard InChI is InChI=1S/C22H24ClN7O4S/c1-2-5-19(34-35(24,32)33)22-25-20(23)18(13-31)30(22)12-14-8-10-15(11-9-14)16-6-3-4-7-17(16)21-26-28-29-27-21/h3-4,6-11,19,31H,2,5,12-13H2,1H3,(H2,24,32,33)(H,26,27,28,29). The number of benzene rings is 2. The Kier molecular flexibility index (Phi) is 7.57. The first-order chi connectivity index (χ1) is 16.8. The van der Waals surface area contributed by atoms with Gasteiger partial charge in [0, 0.05) is 12.1 Å². The highest BCUT2D eigenvalue weighted by atomic mass is 35.5. The fourth-order valence-corrected chi connectivity index (χ4v) is 4.62. The number of H-pyrrole nitrogens is 1. The van der Waals surface area contributed by atoms with Crippen LogP contribution < -0.4 is 5.14 Å². The number of hydrogen-bond acceptors (Lipinski definition) is 8. The highest BCUT2D eigenvalue weighted by Gasteiger charge is 2.26. The van der Waals surface area contributed by atoms with Crippen LogP contribution in [0.3, 0.4) is 0 Å². The number of aromatic nitrogens is 6. The van der Waals surface area contributed by atoms with Crippen LogP contribution in [0.25, 0.3) is 22.5 Å². The maximum Gasteiger partial charge on any atom is 0.333 e. The quantitative estimate of drug-likeness (QED) is 0.289. The maximum atomic E-state index is 11.6. The van der Waals surface area contributed by atoms with Gasteiger partial charge in [0.1, 0.15) is 11.9 Å². The number of nitrogens with two attached hydrogens (primary N) is 1. The molecule has 4 aromatic rings. The lowest BCUT2D eigenvalue weighted by atomic mass is 9.98. The van der Waals surface area contributed by atoms with E-state index in [0.717, 1.165) is 22.3 Å². The lowest BCUT2D eigenvalue weighted by molar-refractivity contribution is 0.185. The van der Waals surface area contributed by atoms with Gasteiger partial charge in [0.05, 0.1) is 12.3 Å². The van der Waals surface area contributed by atoms with Gasteiger partial charge in [-0.1, -0.05) is 73.5 Å². The lowest BCUT2D eigenvalue weighted by Crippen LogP contribution is -2.22. The molecule has 0 aliphatic heterocycles. The Bertz CT molecular complexity index is 1390. The summed E-state index contributed by atoms with van der Waals surface area (Å²) in [5.41, 5.74) is 3.95. The number of aromatic amines is 1. The predicted molar refractivity (Wildman–Crippen MR) is 129 cm³/mol. The first kappa shape index (κ1) is 24.9. The fraction of sp³-hybridized carbons (Fsp3) is 0.273. The smallest absolute Gasteiger partial charge is 0.333 e. The normalized spacial score (nSPS) is 12.7. The molecule has 2 aromatic carbocycles. The number of aliphatic hydroxyl groups is 1. The van der Waals surface area contributed by atoms with E-state index in [1.54, 1.807) is 4.57 Å². The van der Waals surface area contributed by atoms with E-state index in [4.69, 9.17) is 20.9 Å². The molecule has 13 heteroatoms. The molecule has 0 aliphatic carbocycles. The topological polar surface area (TPSA) is 162 Å². The zero-order valence-corrected chi connectivity index (χ0v) is 20.4. The molecule has 0 amide bonds. The minimum atomic E-state index is -4.23. The Morgan fingerprint density at radius 2 is 1.89 bits per heavy atom. The molecule has 1 atom stereocenters. The van der Waals surface area contributed by atoms with Crippen molar-refractivity contribution < 1.29 is 17.7 Å². The molecule has 4 rings (SSSR count). The van der Waals surface area contributed by atoms with Crippen LogP contribution in [-0.4, -0.2) is 43.7 Å². The van der Waals surface area contributed by atoms with E-state index in [1.165, 1.54) is 0 Å². The summed E-state index contributed by atoms with van der Waals surface area (Å²) in [5.74, 6) is 0.772. The molecule has 0 saturated carbocycles. The molecule has 184 valence electrons. The van der Waals surface area contributed by atoms with E-state index in [-0.39, 0.29) is 24.1 Å². The summed E-state index contributed by atoms with van der Waals surface area (Å²) in [5, 5.41) is 29.4. The minimum absolute atomic E-state index is 0.0762. The van der Waals surface area contributed by atoms with Crippen LogP contribution in [0.2, 0.25) is 5.15 Å². The molecule has 0 fully saturated rings. The van der Waals surface area contributed by atoms with Crippen molar-refractivity contribution in [3.05, 3.63) is 70.8 Å². The zero-order valence-electron chi connectivity index (χ0n) is 18.8. The van der Waals surface area contributed by atoms with Crippen molar-refractivity contribution in [1.29, 1.82) is 0 Å². The summed E-state index contributed by atoms with van der Waals surface area (Å²) in [6.45, 7) is 1.79. The highest BCUT2D eigenvalue weighted by molar-refractivity contribution is 7.84. The molecule has 0 radical (unpaired) electrons. The number of imidazole rings is 1. The lowest BCUT2D eigenvalue weighted by Gasteiger charge is -2.18. The van der Waals surface area contributed by atoms with Gasteiger partial charge >= 0.3 is 10.3 Å². The summed E-state index contributed by atoms with van der Waals surface area (Å²) >= 11 is 6.26. The third kappa shape index (κ3) is 5.74. The molecule has 0 aliphatic rings. The average molecular weight is 518 g/mol. The molecule has 1 unspecified atom stereocenters. The van der Waals surface area contributed by atoms with Gasteiger partial charge in [0.2, 0.25) is 5.82 Å². The van der Waals surface area contributed by atoms with Crippen LogP contribution in [0.15, 0.2) is 48.5 Å². The number of nitrogens with zero attached hydrogens (tertiary/aromatic N) is 5. The van der Waals surface area contributed by atoms with Crippen LogP contribution in [0.1, 0.15) is 43.0 Å². The zero-order chi connectivity index (χ0) is 25.0. The van der Waals surface area contributed by atoms with Crippen molar-refractivity contribution in [2.45, 2.75) is 39.0 Å². The molecule has 0 spiro atoms. The third-order valence-corrected chi connectivity index (χ3v) is 6.21. The van der Waals surface area contributed by atoms with Gasteiger partial charge in [0.15, 0.2) is 5.15 Å². The molecule has 0 saturated heterocycles. The largest absolute Gasteiger partial charge is 0.390 e. The van der Waals surface area contributed by atoms with Gasteiger partial charge in [-0.15, -0.1) is 10.2 Å². The van der Waals surface area contributed by atoms with Gasteiger partial charge < -0.3 is 9.67 Å². The van der Waals surface area contributed by atoms with Gasteiger partial charge in [-0.2, -0.15) is 13.6 Å². The van der Waals surface area contributed by atoms with Crippen molar-refractivity contribution in [3.63, 3.8) is 0 Å². The van der Waals surface area contributed by atoms with Crippen LogP contribution in [0, 0.1) is 0 Å². The van der Waals surface area contributed by atoms with Crippen molar-refractivity contribution >= 4 is 21.9 Å². The van der Waals surface area contributed by atoms with Gasteiger partial charge in [-0.3, -0.25) is 0 Å². The molecule has 11 nitrogen and oxygen atoms in total. The summed E-state index contributed by atoms with van der Waals surface area (Å²) in [7, 11) is -4.23. The summed E-state index contributed by atoms with van der Waals surface area (Å²) in [6.07, 6.45) is 0.0301. The Hall–Kier alpha value is -3.16. The third-order valence-electron chi connectivity index (χ3n) is 5.41. The number of rotatable bonds is 10. The first-order valence-corrected chi connectivity index (χ1v) is 12.6. The van der Waals surface area contributed by atoms with Crippen molar-refractivity contribution in [3.8, 4) is 22.5 Å². The number of hydrogen-bond donors (Lipinski definition) is 3. The Morgan fingerprint density at radius 1 is 1.17 bits per heavy atom. The molecular weight excluding hydrogens is 494 g/mol. The molecular formula is C22H24ClN7O4S. The summed E-state index contributed by atoms with van der Waals surface area (Å²) in [4.78, 5) is 4.29. The second-order valence-electron chi connectivity index (χ2n) is 7.80. The van der Waals surface area contributed by atoms with Crippen LogP contribution in [0.5, 0.6) is 0 Å². The molecule has 4 N–H and O–H groups in total. The van der Waals surface area contributed by atoms with Crippen molar-refractivity contribution in [1.82, 2.24) is 30.2 Å². The average Bonchev–Trinajstić information content (AvgIpc) is 3.47. The van der Waals surface area contributed by atoms with E-state index < -0.39 is 16.4 Å². The van der Waals surface area contributed by atoms with Gasteiger partial charge in [0.25, 0.3) is 0 Å². The number of tetrazole rings is 1. The molecule has 2 aromatic heterocycles. The van der Waals surface area contributed by atoms with E-state index in [9.17, 15) is 13.5 Å². The second-order valence-corrected chi connectivity index (χ2v) is 9.33. The Morgan fingerprint density at radius 3 is 2.49 bits per heavy atom. The number of halogens is 1. The van der Waals surface area contributed by atoms with Crippen LogP contribution >= 0.6 is 11.6 Å². The van der Waals surface area contributed by atoms with Crippen molar-refractivity contribution in [2.75, 3.05) is 0 Å². The first-order valence-electron chi connectivity index (χ1n) is 10.8. The SMILES string of the molecule is CCCC(OS(N)(=O)=O)c1nc(Cl)c(CO)n1Cc1ccc(-c2ccccc2-c2nn[nH]n2)cc1. The fourth-order valence-electron chi connectivity index (χ4n) is 3.87. The second kappa shape index (κ2) is 10.6. The van der Waals surface area contributed by atoms with Gasteiger partial charge in [-0.25, -0.2) is 14.3 Å². The molecule has 0 bridgehead atoms. The van der Waals surface area contributed by atoms with Crippen LogP contribution in [0.4, 0.5) is 0 Å². The number of nitrogens with one attached hydrogen (secondary N) is 1. The Labute approximate surface area is 207 Å². The monoisotopic (exact) mass is 517 g/mol. The summed E-state index contributed by atoms with van der Waals surface area (Å²) < 4.78 is 30.0. The summed E-state index contributed by atoms with van der Waals surface area (Å²) in [6, 6.07) is 15.5. The number of aliphatic hydroxyl groups excluding tert-OH is 1. The molecule has 2 heterocycles. The van der Waals surface area contributed by atoms with E-state index >= 15 is 0 Å². The minimum Gasteiger partial charge on any atom is -0.390 e. The highest BCUT2D eigenvalue weighted by Crippen LogP contribution is 2.31. The van der Waals surface area contributed by atoms with Gasteiger partial charge in [-0.05, 0) is 28.3 Å². The van der Waals surface area contributed by atoms with E-state index in [0.29, 0.717) is 24.4 Å².